The first-order valence-corrected chi connectivity index (χ1v) is 3.28. The Morgan fingerprint density at radius 2 is 2.60 bits per heavy atom. The second-order valence-corrected chi connectivity index (χ2v) is 2.20. The minimum Gasteiger partial charge on any atom is -0.391 e. The Labute approximate surface area is 59.4 Å². The van der Waals surface area contributed by atoms with E-state index >= 15 is 0 Å². The highest BCUT2D eigenvalue weighted by atomic mass is 16.2. The number of amides is 1. The summed E-state index contributed by atoms with van der Waals surface area (Å²) in [6.45, 7) is 0.946. The highest BCUT2D eigenvalue weighted by Crippen LogP contribution is 2.06. The maximum absolute atomic E-state index is 10.8. The molecule has 0 fully saturated rings. The van der Waals surface area contributed by atoms with Gasteiger partial charge in [-0.25, -0.2) is 5.84 Å². The lowest BCUT2D eigenvalue weighted by molar-refractivity contribution is -0.117. The fourth-order valence-electron chi connectivity index (χ4n) is 0.920. The van der Waals surface area contributed by atoms with Gasteiger partial charge in [-0.3, -0.25) is 10.2 Å². The second-order valence-electron chi connectivity index (χ2n) is 2.20. The molecule has 0 bridgehead atoms. The summed E-state index contributed by atoms with van der Waals surface area (Å²) in [4.78, 5) is 10.8. The molecule has 0 unspecified atom stereocenters. The number of nitrogens with two attached hydrogens (primary N) is 1. The highest BCUT2D eigenvalue weighted by molar-refractivity contribution is 5.92. The van der Waals surface area contributed by atoms with Gasteiger partial charge in [0.2, 0.25) is 0 Å². The van der Waals surface area contributed by atoms with Gasteiger partial charge in [0.1, 0.15) is 0 Å². The van der Waals surface area contributed by atoms with Crippen LogP contribution in [-0.2, 0) is 4.79 Å². The molecule has 4 heteroatoms. The summed E-state index contributed by atoms with van der Waals surface area (Å²) in [5.74, 6) is 4.75. The van der Waals surface area contributed by atoms with Gasteiger partial charge in [-0.05, 0) is 12.8 Å². The van der Waals surface area contributed by atoms with Gasteiger partial charge in [-0.1, -0.05) is 0 Å². The molecule has 0 saturated carbocycles. The molecule has 1 aliphatic rings. The van der Waals surface area contributed by atoms with E-state index in [1.165, 1.54) is 0 Å². The Morgan fingerprint density at radius 1 is 1.80 bits per heavy atom. The molecule has 0 aliphatic carbocycles. The number of carbonyl (C=O) groups is 1. The van der Waals surface area contributed by atoms with Gasteiger partial charge in [0.05, 0.1) is 0 Å². The van der Waals surface area contributed by atoms with Gasteiger partial charge in [-0.15, -0.1) is 0 Å². The van der Waals surface area contributed by atoms with E-state index in [0.717, 1.165) is 25.0 Å². The summed E-state index contributed by atoms with van der Waals surface area (Å²) in [5.41, 5.74) is 2.82. The fraction of sp³-hybridized carbons (Fsp3) is 0.500. The van der Waals surface area contributed by atoms with Crippen molar-refractivity contribution in [1.82, 2.24) is 10.7 Å². The number of rotatable bonds is 1. The van der Waals surface area contributed by atoms with Crippen LogP contribution in [-0.4, -0.2) is 12.5 Å². The lowest BCUT2D eigenvalue weighted by atomic mass is 10.1. The lowest BCUT2D eigenvalue weighted by Gasteiger charge is -2.11. The van der Waals surface area contributed by atoms with Crippen molar-refractivity contribution in [2.45, 2.75) is 12.8 Å². The number of hydrogen-bond donors (Lipinski definition) is 3. The monoisotopic (exact) mass is 141 g/mol. The summed E-state index contributed by atoms with van der Waals surface area (Å²) < 4.78 is 0. The van der Waals surface area contributed by atoms with Gasteiger partial charge < -0.3 is 5.32 Å². The number of hydrazine groups is 1. The fourth-order valence-corrected chi connectivity index (χ4v) is 0.920. The number of hydrogen-bond acceptors (Lipinski definition) is 3. The standard InChI is InChI=1S/C6H11N3O/c7-9-6(10)5-2-1-3-8-4-5/h4,8H,1-3,7H2,(H,9,10). The normalized spacial score (nSPS) is 17.1. The van der Waals surface area contributed by atoms with Crippen molar-refractivity contribution in [3.63, 3.8) is 0 Å². The molecule has 56 valence electrons. The van der Waals surface area contributed by atoms with Gasteiger partial charge in [0, 0.05) is 18.3 Å². The first-order valence-electron chi connectivity index (χ1n) is 3.28. The molecule has 0 radical (unpaired) electrons. The van der Waals surface area contributed by atoms with Crippen LogP contribution in [0.3, 0.4) is 0 Å². The third kappa shape index (κ3) is 1.48. The van der Waals surface area contributed by atoms with Crippen molar-refractivity contribution in [1.29, 1.82) is 0 Å². The predicted molar refractivity (Wildman–Crippen MR) is 37.6 cm³/mol. The molecule has 0 aromatic rings. The number of carbonyl (C=O) groups excluding carboxylic acids is 1. The summed E-state index contributed by atoms with van der Waals surface area (Å²) in [5, 5.41) is 2.97. The van der Waals surface area contributed by atoms with Crippen LogP contribution in [0.15, 0.2) is 11.8 Å². The van der Waals surface area contributed by atoms with Gasteiger partial charge in [0.15, 0.2) is 0 Å². The molecule has 1 rings (SSSR count). The molecule has 0 saturated heterocycles. The smallest absolute Gasteiger partial charge is 0.262 e. The zero-order valence-corrected chi connectivity index (χ0v) is 5.68. The molecule has 10 heavy (non-hydrogen) atoms. The van der Waals surface area contributed by atoms with Crippen molar-refractivity contribution in [3.8, 4) is 0 Å². The molecule has 1 amide bonds. The molecule has 4 nitrogen and oxygen atoms in total. The van der Waals surface area contributed by atoms with Crippen LogP contribution >= 0.6 is 0 Å². The van der Waals surface area contributed by atoms with E-state index in [9.17, 15) is 4.79 Å². The molecular formula is C6H11N3O. The van der Waals surface area contributed by atoms with Crippen molar-refractivity contribution in [3.05, 3.63) is 11.8 Å². The van der Waals surface area contributed by atoms with Crippen LogP contribution in [0, 0.1) is 0 Å². The van der Waals surface area contributed by atoms with E-state index in [-0.39, 0.29) is 5.91 Å². The van der Waals surface area contributed by atoms with E-state index in [4.69, 9.17) is 5.84 Å². The van der Waals surface area contributed by atoms with Gasteiger partial charge in [-0.2, -0.15) is 0 Å². The van der Waals surface area contributed by atoms with E-state index in [1.807, 2.05) is 0 Å². The summed E-state index contributed by atoms with van der Waals surface area (Å²) in [6.07, 6.45) is 3.53. The average Bonchev–Trinajstić information content (AvgIpc) is 2.05. The van der Waals surface area contributed by atoms with Gasteiger partial charge in [0.25, 0.3) is 5.91 Å². The van der Waals surface area contributed by atoms with E-state index < -0.39 is 0 Å². The minimum absolute atomic E-state index is 0.188. The number of nitrogens with one attached hydrogen (secondary N) is 2. The molecule has 1 aliphatic heterocycles. The first kappa shape index (κ1) is 7.08. The van der Waals surface area contributed by atoms with Crippen LogP contribution in [0.4, 0.5) is 0 Å². The topological polar surface area (TPSA) is 67.1 Å². The molecule has 0 aromatic heterocycles. The molecule has 4 N–H and O–H groups in total. The first-order chi connectivity index (χ1) is 4.84. The summed E-state index contributed by atoms with van der Waals surface area (Å²) in [6, 6.07) is 0. The summed E-state index contributed by atoms with van der Waals surface area (Å²) in [7, 11) is 0. The lowest BCUT2D eigenvalue weighted by Crippen LogP contribution is -2.33. The van der Waals surface area contributed by atoms with Crippen molar-refractivity contribution in [2.24, 2.45) is 5.84 Å². The maximum atomic E-state index is 10.8. The van der Waals surface area contributed by atoms with Crippen molar-refractivity contribution >= 4 is 5.91 Å². The highest BCUT2D eigenvalue weighted by Gasteiger charge is 2.09. The Bertz CT molecular complexity index is 164. The quantitative estimate of drug-likeness (QED) is 0.255. The molecule has 0 atom stereocenters. The largest absolute Gasteiger partial charge is 0.391 e. The van der Waals surface area contributed by atoms with E-state index in [2.05, 4.69) is 10.7 Å². The van der Waals surface area contributed by atoms with Crippen LogP contribution in [0.25, 0.3) is 0 Å². The Balaban J connectivity index is 2.53. The Morgan fingerprint density at radius 3 is 3.10 bits per heavy atom. The molecule has 0 aromatic carbocycles. The maximum Gasteiger partial charge on any atom is 0.262 e. The van der Waals surface area contributed by atoms with E-state index in [1.54, 1.807) is 6.20 Å². The minimum atomic E-state index is -0.188. The van der Waals surface area contributed by atoms with Crippen LogP contribution in [0.1, 0.15) is 12.8 Å². The third-order valence-corrected chi connectivity index (χ3v) is 1.47. The van der Waals surface area contributed by atoms with Gasteiger partial charge >= 0.3 is 0 Å². The predicted octanol–water partition coefficient (Wildman–Crippen LogP) is -0.756. The van der Waals surface area contributed by atoms with Crippen LogP contribution in [0.5, 0.6) is 0 Å². The molecular weight excluding hydrogens is 130 g/mol. The molecule has 0 spiro atoms. The summed E-state index contributed by atoms with van der Waals surface area (Å²) >= 11 is 0. The van der Waals surface area contributed by atoms with E-state index in [0.29, 0.717) is 0 Å². The van der Waals surface area contributed by atoms with Crippen LogP contribution in [0.2, 0.25) is 0 Å². The molecule has 1 heterocycles. The third-order valence-electron chi connectivity index (χ3n) is 1.47. The van der Waals surface area contributed by atoms with Crippen molar-refractivity contribution < 1.29 is 4.79 Å². The SMILES string of the molecule is NNC(=O)C1=CNCCC1. The zero-order chi connectivity index (χ0) is 7.40. The zero-order valence-electron chi connectivity index (χ0n) is 5.68. The second kappa shape index (κ2) is 3.22. The van der Waals surface area contributed by atoms with Crippen molar-refractivity contribution in [2.75, 3.05) is 6.54 Å². The Hall–Kier alpha value is -1.03. The Kier molecular flexibility index (Phi) is 2.28. The van der Waals surface area contributed by atoms with Crippen LogP contribution < -0.4 is 16.6 Å². The average molecular weight is 141 g/mol.